The number of hydrogen-bond donors (Lipinski definition) is 2. The van der Waals surface area contributed by atoms with Crippen molar-refractivity contribution >= 4 is 0 Å². The molecule has 1 saturated heterocycles. The van der Waals surface area contributed by atoms with E-state index in [0.29, 0.717) is 5.92 Å². The summed E-state index contributed by atoms with van der Waals surface area (Å²) < 4.78 is 18.6. The van der Waals surface area contributed by atoms with Gasteiger partial charge in [0.2, 0.25) is 0 Å². The molecule has 2 heterocycles. The van der Waals surface area contributed by atoms with E-state index in [0.717, 1.165) is 24.4 Å². The second-order valence-corrected chi connectivity index (χ2v) is 5.95. The zero-order valence-electron chi connectivity index (χ0n) is 12.9. The third kappa shape index (κ3) is 3.21. The van der Waals surface area contributed by atoms with Crippen molar-refractivity contribution in [3.63, 3.8) is 0 Å². The van der Waals surface area contributed by atoms with Gasteiger partial charge in [0.1, 0.15) is 11.6 Å². The average molecular weight is 303 g/mol. The molecule has 0 bridgehead atoms. The van der Waals surface area contributed by atoms with Crippen LogP contribution in [-0.2, 0) is 0 Å². The Bertz CT molecular complexity index is 584. The van der Waals surface area contributed by atoms with E-state index in [1.165, 1.54) is 12.1 Å². The predicted molar refractivity (Wildman–Crippen MR) is 83.5 cm³/mol. The van der Waals surface area contributed by atoms with E-state index in [2.05, 4.69) is 29.7 Å². The van der Waals surface area contributed by atoms with Gasteiger partial charge in [0.05, 0.1) is 18.3 Å². The molecule has 118 valence electrons. The molecule has 3 atom stereocenters. The van der Waals surface area contributed by atoms with Gasteiger partial charge < -0.3 is 4.42 Å². The normalized spacial score (nSPS) is 23.1. The number of hydrogen-bond acceptors (Lipinski definition) is 4. The van der Waals surface area contributed by atoms with Crippen molar-refractivity contribution < 1.29 is 8.81 Å². The Morgan fingerprint density at radius 2 is 2.09 bits per heavy atom. The maximum Gasteiger partial charge on any atom is 0.123 e. The highest BCUT2D eigenvalue weighted by atomic mass is 19.1. The Labute approximate surface area is 130 Å². The SMILES string of the molecule is CC(c1ccco1)N(C)CC1CNNC1c1ccc(F)cc1. The average Bonchev–Trinajstić information content (AvgIpc) is 3.18. The van der Waals surface area contributed by atoms with Crippen LogP contribution in [0.5, 0.6) is 0 Å². The lowest BCUT2D eigenvalue weighted by Crippen LogP contribution is -2.32. The van der Waals surface area contributed by atoms with Gasteiger partial charge in [-0.05, 0) is 43.8 Å². The number of nitrogens with one attached hydrogen (secondary N) is 2. The fourth-order valence-corrected chi connectivity index (χ4v) is 3.01. The maximum absolute atomic E-state index is 13.1. The molecule has 22 heavy (non-hydrogen) atoms. The van der Waals surface area contributed by atoms with Gasteiger partial charge in [-0.2, -0.15) is 0 Å². The summed E-state index contributed by atoms with van der Waals surface area (Å²) in [7, 11) is 2.10. The van der Waals surface area contributed by atoms with Crippen LogP contribution in [0.4, 0.5) is 4.39 Å². The molecule has 0 amide bonds. The van der Waals surface area contributed by atoms with Crippen LogP contribution in [0.25, 0.3) is 0 Å². The summed E-state index contributed by atoms with van der Waals surface area (Å²) in [4.78, 5) is 2.29. The molecule has 1 aromatic heterocycles. The minimum absolute atomic E-state index is 0.187. The summed E-state index contributed by atoms with van der Waals surface area (Å²) in [5.41, 5.74) is 7.63. The lowest BCUT2D eigenvalue weighted by atomic mass is 9.94. The number of benzene rings is 1. The van der Waals surface area contributed by atoms with E-state index < -0.39 is 0 Å². The van der Waals surface area contributed by atoms with Gasteiger partial charge >= 0.3 is 0 Å². The number of furan rings is 1. The van der Waals surface area contributed by atoms with E-state index in [1.807, 2.05) is 24.3 Å². The molecule has 0 radical (unpaired) electrons. The van der Waals surface area contributed by atoms with E-state index in [4.69, 9.17) is 4.42 Å². The van der Waals surface area contributed by atoms with Crippen molar-refractivity contribution in [2.45, 2.75) is 19.0 Å². The summed E-state index contributed by atoms with van der Waals surface area (Å²) in [6.07, 6.45) is 1.71. The molecule has 3 unspecified atom stereocenters. The van der Waals surface area contributed by atoms with Crippen molar-refractivity contribution in [1.82, 2.24) is 15.8 Å². The van der Waals surface area contributed by atoms with Crippen LogP contribution in [0.2, 0.25) is 0 Å². The van der Waals surface area contributed by atoms with Crippen molar-refractivity contribution in [2.24, 2.45) is 5.92 Å². The molecule has 0 spiro atoms. The number of halogens is 1. The zero-order chi connectivity index (χ0) is 15.5. The van der Waals surface area contributed by atoms with E-state index in [-0.39, 0.29) is 17.9 Å². The molecule has 2 N–H and O–H groups in total. The van der Waals surface area contributed by atoms with Gasteiger partial charge in [0, 0.05) is 19.0 Å². The third-order valence-corrected chi connectivity index (χ3v) is 4.46. The summed E-state index contributed by atoms with van der Waals surface area (Å²) in [5, 5.41) is 0. The van der Waals surface area contributed by atoms with Crippen LogP contribution >= 0.6 is 0 Å². The van der Waals surface area contributed by atoms with Crippen LogP contribution < -0.4 is 10.9 Å². The van der Waals surface area contributed by atoms with Gasteiger partial charge in [0.25, 0.3) is 0 Å². The third-order valence-electron chi connectivity index (χ3n) is 4.46. The van der Waals surface area contributed by atoms with Gasteiger partial charge in [0.15, 0.2) is 0 Å². The van der Waals surface area contributed by atoms with Crippen molar-refractivity contribution in [3.05, 3.63) is 59.8 Å². The predicted octanol–water partition coefficient (Wildman–Crippen LogP) is 2.88. The Balaban J connectivity index is 1.67. The van der Waals surface area contributed by atoms with Crippen LogP contribution in [0.1, 0.15) is 30.3 Å². The molecule has 1 aromatic carbocycles. The van der Waals surface area contributed by atoms with Crippen LogP contribution in [0.3, 0.4) is 0 Å². The number of rotatable bonds is 5. The van der Waals surface area contributed by atoms with Crippen molar-refractivity contribution in [3.8, 4) is 0 Å². The van der Waals surface area contributed by atoms with Crippen molar-refractivity contribution in [2.75, 3.05) is 20.1 Å². The molecule has 0 saturated carbocycles. The van der Waals surface area contributed by atoms with Crippen LogP contribution in [0, 0.1) is 11.7 Å². The van der Waals surface area contributed by atoms with Crippen LogP contribution in [0.15, 0.2) is 47.1 Å². The highest BCUT2D eigenvalue weighted by Gasteiger charge is 2.30. The quantitative estimate of drug-likeness (QED) is 0.891. The minimum Gasteiger partial charge on any atom is -0.468 e. The highest BCUT2D eigenvalue weighted by Crippen LogP contribution is 2.28. The molecule has 1 fully saturated rings. The zero-order valence-corrected chi connectivity index (χ0v) is 12.9. The van der Waals surface area contributed by atoms with E-state index in [1.54, 1.807) is 6.26 Å². The smallest absolute Gasteiger partial charge is 0.123 e. The Kier molecular flexibility index (Phi) is 4.57. The molecule has 5 heteroatoms. The molecule has 2 aromatic rings. The van der Waals surface area contributed by atoms with Gasteiger partial charge in [-0.15, -0.1) is 0 Å². The lowest BCUT2D eigenvalue weighted by Gasteiger charge is -2.28. The van der Waals surface area contributed by atoms with E-state index in [9.17, 15) is 4.39 Å². The monoisotopic (exact) mass is 303 g/mol. The Morgan fingerprint density at radius 3 is 2.77 bits per heavy atom. The molecule has 1 aliphatic heterocycles. The maximum atomic E-state index is 13.1. The second kappa shape index (κ2) is 6.60. The first-order valence-electron chi connectivity index (χ1n) is 7.62. The van der Waals surface area contributed by atoms with Crippen molar-refractivity contribution in [1.29, 1.82) is 0 Å². The topological polar surface area (TPSA) is 40.4 Å². The van der Waals surface area contributed by atoms with E-state index >= 15 is 0 Å². The number of nitrogens with zero attached hydrogens (tertiary/aromatic N) is 1. The fraction of sp³-hybridized carbons (Fsp3) is 0.412. The van der Waals surface area contributed by atoms with Gasteiger partial charge in [-0.3, -0.25) is 10.3 Å². The molecule has 0 aliphatic carbocycles. The minimum atomic E-state index is -0.199. The highest BCUT2D eigenvalue weighted by molar-refractivity contribution is 5.21. The standard InChI is InChI=1S/C17H22FN3O/c1-12(16-4-3-9-22-16)21(2)11-14-10-19-20-17(14)13-5-7-15(18)8-6-13/h3-9,12,14,17,19-20H,10-11H2,1-2H3. The Hall–Kier alpha value is -1.69. The Morgan fingerprint density at radius 1 is 1.32 bits per heavy atom. The first kappa shape index (κ1) is 15.2. The first-order chi connectivity index (χ1) is 10.6. The van der Waals surface area contributed by atoms with Crippen LogP contribution in [-0.4, -0.2) is 25.0 Å². The molecular formula is C17H22FN3O. The second-order valence-electron chi connectivity index (χ2n) is 5.95. The van der Waals surface area contributed by atoms with Gasteiger partial charge in [-0.1, -0.05) is 12.1 Å². The summed E-state index contributed by atoms with van der Waals surface area (Å²) in [6, 6.07) is 11.1. The molecular weight excluding hydrogens is 281 g/mol. The summed E-state index contributed by atoms with van der Waals surface area (Å²) >= 11 is 0. The molecule has 3 rings (SSSR count). The lowest BCUT2D eigenvalue weighted by molar-refractivity contribution is 0.194. The molecule has 1 aliphatic rings. The fourth-order valence-electron chi connectivity index (χ4n) is 3.01. The van der Waals surface area contributed by atoms with Gasteiger partial charge in [-0.25, -0.2) is 9.82 Å². The summed E-state index contributed by atoms with van der Waals surface area (Å²) in [6.45, 7) is 3.95. The largest absolute Gasteiger partial charge is 0.468 e. The molecule has 4 nitrogen and oxygen atoms in total. The first-order valence-corrected chi connectivity index (χ1v) is 7.62. The summed E-state index contributed by atoms with van der Waals surface area (Å²) in [5.74, 6) is 1.18. The number of hydrazine groups is 1.